The second-order valence-corrected chi connectivity index (χ2v) is 5.19. The van der Waals surface area contributed by atoms with Crippen molar-refractivity contribution in [3.8, 4) is 0 Å². The lowest BCUT2D eigenvalue weighted by Crippen LogP contribution is -2.50. The molecule has 1 atom stereocenters. The van der Waals surface area contributed by atoms with Gasteiger partial charge in [-0.15, -0.1) is 0 Å². The van der Waals surface area contributed by atoms with Crippen LogP contribution in [0.15, 0.2) is 18.2 Å². The van der Waals surface area contributed by atoms with E-state index < -0.39 is 0 Å². The van der Waals surface area contributed by atoms with Gasteiger partial charge in [-0.25, -0.2) is 0 Å². The van der Waals surface area contributed by atoms with Crippen LogP contribution in [0.3, 0.4) is 0 Å². The fraction of sp³-hybridized carbons (Fsp3) is 0.538. The molecule has 0 aliphatic carbocycles. The van der Waals surface area contributed by atoms with Gasteiger partial charge in [0.2, 0.25) is 0 Å². The summed E-state index contributed by atoms with van der Waals surface area (Å²) in [5.41, 5.74) is 8.16. The first-order valence-corrected chi connectivity index (χ1v) is 6.43. The highest BCUT2D eigenvalue weighted by atomic mass is 35.5. The summed E-state index contributed by atoms with van der Waals surface area (Å²) in [6, 6.07) is 6.58. The molecule has 1 unspecified atom stereocenters. The summed E-state index contributed by atoms with van der Waals surface area (Å²) in [7, 11) is 2.17. The summed E-state index contributed by atoms with van der Waals surface area (Å²) in [5.74, 6) is 0. The van der Waals surface area contributed by atoms with Crippen LogP contribution in [0.25, 0.3) is 0 Å². The summed E-state index contributed by atoms with van der Waals surface area (Å²) < 4.78 is 0. The largest absolute Gasteiger partial charge is 0.368 e. The molecular weight excluding hydrogens is 234 g/mol. The molecule has 0 saturated carbocycles. The first kappa shape index (κ1) is 12.7. The lowest BCUT2D eigenvalue weighted by Gasteiger charge is -2.39. The summed E-state index contributed by atoms with van der Waals surface area (Å²) in [4.78, 5) is 4.79. The van der Waals surface area contributed by atoms with E-state index in [-0.39, 0.29) is 0 Å². The van der Waals surface area contributed by atoms with Crippen molar-refractivity contribution in [2.75, 3.05) is 31.6 Å². The highest BCUT2D eigenvalue weighted by Gasteiger charge is 2.22. The Kier molecular flexibility index (Phi) is 3.92. The molecule has 1 aliphatic heterocycles. The number of likely N-dealkylation sites (N-methyl/N-ethyl adjacent to an activating group) is 1. The molecule has 0 amide bonds. The van der Waals surface area contributed by atoms with E-state index in [9.17, 15) is 0 Å². The quantitative estimate of drug-likeness (QED) is 0.874. The number of hydrogen-bond donors (Lipinski definition) is 1. The number of nitrogens with zero attached hydrogens (tertiary/aromatic N) is 2. The zero-order chi connectivity index (χ0) is 12.4. The molecule has 2 rings (SSSR count). The zero-order valence-electron chi connectivity index (χ0n) is 10.5. The minimum Gasteiger partial charge on any atom is -0.368 e. The monoisotopic (exact) mass is 253 g/mol. The van der Waals surface area contributed by atoms with E-state index in [1.165, 1.54) is 5.69 Å². The highest BCUT2D eigenvalue weighted by Crippen LogP contribution is 2.26. The smallest absolute Gasteiger partial charge is 0.0413 e. The Morgan fingerprint density at radius 1 is 1.41 bits per heavy atom. The van der Waals surface area contributed by atoms with Crippen molar-refractivity contribution in [1.82, 2.24) is 4.90 Å². The maximum atomic E-state index is 6.00. The predicted octanol–water partition coefficient (Wildman–Crippen LogP) is 1.94. The molecule has 0 aromatic heterocycles. The molecule has 1 heterocycles. The number of hydrogen-bond acceptors (Lipinski definition) is 3. The fourth-order valence-electron chi connectivity index (χ4n) is 2.29. The molecule has 0 spiro atoms. The Morgan fingerprint density at radius 2 is 2.18 bits per heavy atom. The van der Waals surface area contributed by atoms with Crippen LogP contribution in [0, 0.1) is 0 Å². The van der Waals surface area contributed by atoms with Gasteiger partial charge in [-0.3, -0.25) is 0 Å². The molecule has 0 radical (unpaired) electrons. The lowest BCUT2D eigenvalue weighted by molar-refractivity contribution is 0.234. The predicted molar refractivity (Wildman–Crippen MR) is 73.6 cm³/mol. The van der Waals surface area contributed by atoms with E-state index in [0.29, 0.717) is 12.6 Å². The third-order valence-electron chi connectivity index (χ3n) is 3.56. The number of anilines is 1. The van der Waals surface area contributed by atoms with Gasteiger partial charge in [0, 0.05) is 42.9 Å². The zero-order valence-corrected chi connectivity index (χ0v) is 11.2. The Morgan fingerprint density at radius 3 is 2.82 bits per heavy atom. The second-order valence-electron chi connectivity index (χ2n) is 4.75. The van der Waals surface area contributed by atoms with Crippen LogP contribution in [-0.4, -0.2) is 37.6 Å². The van der Waals surface area contributed by atoms with Crippen molar-refractivity contribution in [2.45, 2.75) is 19.5 Å². The van der Waals surface area contributed by atoms with Crippen molar-refractivity contribution in [3.05, 3.63) is 28.8 Å². The van der Waals surface area contributed by atoms with Crippen LogP contribution in [0.4, 0.5) is 5.69 Å². The maximum Gasteiger partial charge on any atom is 0.0413 e. The maximum absolute atomic E-state index is 6.00. The molecule has 2 N–H and O–H groups in total. The number of benzene rings is 1. The van der Waals surface area contributed by atoms with Crippen LogP contribution in [-0.2, 0) is 6.54 Å². The summed E-state index contributed by atoms with van der Waals surface area (Å²) >= 11 is 6.00. The van der Waals surface area contributed by atoms with E-state index in [0.717, 1.165) is 30.2 Å². The molecule has 17 heavy (non-hydrogen) atoms. The minimum absolute atomic E-state index is 0.538. The third-order valence-corrected chi connectivity index (χ3v) is 3.80. The summed E-state index contributed by atoms with van der Waals surface area (Å²) in [5, 5.41) is 0.761. The molecule has 1 saturated heterocycles. The van der Waals surface area contributed by atoms with Gasteiger partial charge in [0.15, 0.2) is 0 Å². The van der Waals surface area contributed by atoms with Crippen molar-refractivity contribution < 1.29 is 0 Å². The molecule has 0 bridgehead atoms. The van der Waals surface area contributed by atoms with Gasteiger partial charge in [0.05, 0.1) is 0 Å². The third kappa shape index (κ3) is 2.73. The van der Waals surface area contributed by atoms with E-state index in [4.69, 9.17) is 17.3 Å². The molecule has 4 heteroatoms. The number of nitrogens with two attached hydrogens (primary N) is 1. The SMILES string of the molecule is CC1CN(c2ccc(Cl)cc2CN)CCN1C. The van der Waals surface area contributed by atoms with Crippen molar-refractivity contribution in [3.63, 3.8) is 0 Å². The van der Waals surface area contributed by atoms with Gasteiger partial charge in [0.25, 0.3) is 0 Å². The second kappa shape index (κ2) is 5.25. The molecular formula is C13H20ClN3. The van der Waals surface area contributed by atoms with Crippen LogP contribution >= 0.6 is 11.6 Å². The average Bonchev–Trinajstić information content (AvgIpc) is 2.32. The molecule has 94 valence electrons. The van der Waals surface area contributed by atoms with Crippen molar-refractivity contribution in [2.24, 2.45) is 5.73 Å². The Bertz CT molecular complexity index is 394. The van der Waals surface area contributed by atoms with Crippen LogP contribution in [0.5, 0.6) is 0 Å². The molecule has 3 nitrogen and oxygen atoms in total. The number of piperazine rings is 1. The van der Waals surface area contributed by atoms with Gasteiger partial charge in [-0.1, -0.05) is 11.6 Å². The number of halogens is 1. The first-order valence-electron chi connectivity index (χ1n) is 6.05. The number of rotatable bonds is 2. The summed E-state index contributed by atoms with van der Waals surface area (Å²) in [6.07, 6.45) is 0. The molecule has 1 aromatic rings. The lowest BCUT2D eigenvalue weighted by atomic mass is 10.1. The van der Waals surface area contributed by atoms with Gasteiger partial charge >= 0.3 is 0 Å². The van der Waals surface area contributed by atoms with E-state index in [2.05, 4.69) is 29.8 Å². The average molecular weight is 254 g/mol. The van der Waals surface area contributed by atoms with Crippen LogP contribution in [0.2, 0.25) is 5.02 Å². The Balaban J connectivity index is 2.22. The van der Waals surface area contributed by atoms with Crippen LogP contribution in [0.1, 0.15) is 12.5 Å². The van der Waals surface area contributed by atoms with Crippen LogP contribution < -0.4 is 10.6 Å². The molecule has 1 aromatic carbocycles. The molecule has 1 fully saturated rings. The van der Waals surface area contributed by atoms with E-state index in [1.807, 2.05) is 12.1 Å². The Labute approximate surface area is 108 Å². The summed E-state index contributed by atoms with van der Waals surface area (Å²) in [6.45, 7) is 5.98. The molecule has 1 aliphatic rings. The van der Waals surface area contributed by atoms with Gasteiger partial charge in [0.1, 0.15) is 0 Å². The first-order chi connectivity index (χ1) is 8.11. The fourth-order valence-corrected chi connectivity index (χ4v) is 2.49. The van der Waals surface area contributed by atoms with Gasteiger partial charge in [-0.2, -0.15) is 0 Å². The van der Waals surface area contributed by atoms with Gasteiger partial charge < -0.3 is 15.5 Å². The standard InChI is InChI=1S/C13H20ClN3/c1-10-9-17(6-5-16(10)2)13-4-3-12(14)7-11(13)8-15/h3-4,7,10H,5-6,8-9,15H2,1-2H3. The van der Waals surface area contributed by atoms with E-state index in [1.54, 1.807) is 0 Å². The normalized spacial score (nSPS) is 21.9. The van der Waals surface area contributed by atoms with Crippen molar-refractivity contribution in [1.29, 1.82) is 0 Å². The van der Waals surface area contributed by atoms with E-state index >= 15 is 0 Å². The van der Waals surface area contributed by atoms with Gasteiger partial charge in [-0.05, 0) is 37.7 Å². The van der Waals surface area contributed by atoms with Crippen molar-refractivity contribution >= 4 is 17.3 Å². The topological polar surface area (TPSA) is 32.5 Å². The highest BCUT2D eigenvalue weighted by molar-refractivity contribution is 6.30. The minimum atomic E-state index is 0.538. The Hall–Kier alpha value is -0.770.